The summed E-state index contributed by atoms with van der Waals surface area (Å²) in [6.07, 6.45) is 0. The molecule has 3 rings (SSSR count). The highest BCUT2D eigenvalue weighted by atomic mass is 16.5. The number of ether oxygens (including phenoxy) is 2. The molecule has 0 amide bonds. The molecule has 0 aromatic heterocycles. The number of fused-ring (bicyclic) bond motifs is 1. The lowest BCUT2D eigenvalue weighted by atomic mass is 9.88. The standard InChI is InChI=1S/C19H18O5/c1-10-4-5-16-14(7-10)17(19(22)24-16)15-8-11(2)6-13(18(15)21)9-23-12(3)20/h4-8,17,21H,9H2,1-3H3. The molecule has 0 saturated carbocycles. The first kappa shape index (κ1) is 16.1. The minimum atomic E-state index is -0.684. The van der Waals surface area contributed by atoms with Gasteiger partial charge in [-0.15, -0.1) is 0 Å². The molecule has 124 valence electrons. The number of carbonyl (C=O) groups is 2. The molecule has 1 N–H and O–H groups in total. The lowest BCUT2D eigenvalue weighted by molar-refractivity contribution is -0.142. The fourth-order valence-corrected chi connectivity index (χ4v) is 2.97. The van der Waals surface area contributed by atoms with E-state index in [2.05, 4.69) is 0 Å². The number of hydrogen-bond donors (Lipinski definition) is 1. The van der Waals surface area contributed by atoms with Gasteiger partial charge in [0.15, 0.2) is 0 Å². The van der Waals surface area contributed by atoms with Crippen molar-refractivity contribution in [3.63, 3.8) is 0 Å². The molecule has 1 aliphatic heterocycles. The quantitative estimate of drug-likeness (QED) is 0.693. The van der Waals surface area contributed by atoms with Crippen molar-refractivity contribution >= 4 is 11.9 Å². The largest absolute Gasteiger partial charge is 0.507 e. The summed E-state index contributed by atoms with van der Waals surface area (Å²) >= 11 is 0. The predicted molar refractivity (Wildman–Crippen MR) is 87.0 cm³/mol. The lowest BCUT2D eigenvalue weighted by Gasteiger charge is -2.15. The van der Waals surface area contributed by atoms with E-state index in [0.717, 1.165) is 16.7 Å². The Hall–Kier alpha value is -2.82. The smallest absolute Gasteiger partial charge is 0.323 e. The third-order valence-electron chi connectivity index (χ3n) is 4.03. The van der Waals surface area contributed by atoms with E-state index in [1.54, 1.807) is 18.2 Å². The molecule has 2 aromatic carbocycles. The Bertz CT molecular complexity index is 838. The van der Waals surface area contributed by atoms with Crippen LogP contribution in [-0.2, 0) is 20.9 Å². The first-order valence-corrected chi connectivity index (χ1v) is 7.65. The molecule has 1 heterocycles. The Morgan fingerprint density at radius 3 is 2.58 bits per heavy atom. The fraction of sp³-hybridized carbons (Fsp3) is 0.263. The van der Waals surface area contributed by atoms with Crippen molar-refractivity contribution in [2.24, 2.45) is 0 Å². The van der Waals surface area contributed by atoms with Crippen LogP contribution in [0.5, 0.6) is 11.5 Å². The van der Waals surface area contributed by atoms with Gasteiger partial charge in [-0.05, 0) is 26.0 Å². The summed E-state index contributed by atoms with van der Waals surface area (Å²) < 4.78 is 10.3. The molecule has 0 radical (unpaired) electrons. The van der Waals surface area contributed by atoms with Crippen molar-refractivity contribution in [2.45, 2.75) is 33.3 Å². The number of carbonyl (C=O) groups excluding carboxylic acids is 2. The number of benzene rings is 2. The van der Waals surface area contributed by atoms with E-state index in [1.807, 2.05) is 26.0 Å². The number of rotatable bonds is 3. The number of phenols is 1. The third-order valence-corrected chi connectivity index (χ3v) is 4.03. The Kier molecular flexibility index (Phi) is 4.01. The highest BCUT2D eigenvalue weighted by molar-refractivity contribution is 5.90. The van der Waals surface area contributed by atoms with Gasteiger partial charge in [0.1, 0.15) is 24.0 Å². The second-order valence-electron chi connectivity index (χ2n) is 6.04. The van der Waals surface area contributed by atoms with Gasteiger partial charge < -0.3 is 14.6 Å². The molecule has 1 atom stereocenters. The van der Waals surface area contributed by atoms with Gasteiger partial charge in [0.2, 0.25) is 0 Å². The van der Waals surface area contributed by atoms with Crippen LogP contribution in [0.25, 0.3) is 0 Å². The summed E-state index contributed by atoms with van der Waals surface area (Å²) in [5.74, 6) is -1.07. The van der Waals surface area contributed by atoms with Gasteiger partial charge >= 0.3 is 11.9 Å². The Labute approximate surface area is 139 Å². The first-order valence-electron chi connectivity index (χ1n) is 7.65. The van der Waals surface area contributed by atoms with E-state index >= 15 is 0 Å². The van der Waals surface area contributed by atoms with E-state index in [4.69, 9.17) is 9.47 Å². The number of aromatic hydroxyl groups is 1. The maximum Gasteiger partial charge on any atom is 0.323 e. The summed E-state index contributed by atoms with van der Waals surface area (Å²) in [6.45, 7) is 5.05. The molecule has 0 saturated heterocycles. The maximum absolute atomic E-state index is 12.4. The monoisotopic (exact) mass is 326 g/mol. The Balaban J connectivity index is 2.08. The number of hydrogen-bond acceptors (Lipinski definition) is 5. The lowest BCUT2D eigenvalue weighted by Crippen LogP contribution is -2.13. The van der Waals surface area contributed by atoms with Gasteiger partial charge in [0.05, 0.1) is 0 Å². The Morgan fingerprint density at radius 2 is 1.88 bits per heavy atom. The van der Waals surface area contributed by atoms with E-state index < -0.39 is 17.9 Å². The van der Waals surface area contributed by atoms with Crippen LogP contribution in [0.4, 0.5) is 0 Å². The molecular formula is C19H18O5. The van der Waals surface area contributed by atoms with Crippen molar-refractivity contribution < 1.29 is 24.2 Å². The third kappa shape index (κ3) is 2.85. The first-order chi connectivity index (χ1) is 11.4. The SMILES string of the molecule is CC(=O)OCc1cc(C)cc(C2C(=O)Oc3ccc(C)cc32)c1O. The molecule has 0 aliphatic carbocycles. The summed E-state index contributed by atoms with van der Waals surface area (Å²) in [5.41, 5.74) is 3.53. The van der Waals surface area contributed by atoms with E-state index in [1.165, 1.54) is 6.92 Å². The van der Waals surface area contributed by atoms with Crippen molar-refractivity contribution in [2.75, 3.05) is 0 Å². The van der Waals surface area contributed by atoms with Crippen molar-refractivity contribution in [3.05, 3.63) is 58.1 Å². The highest BCUT2D eigenvalue weighted by Gasteiger charge is 2.36. The fourth-order valence-electron chi connectivity index (χ4n) is 2.97. The molecule has 5 nitrogen and oxygen atoms in total. The van der Waals surface area contributed by atoms with Crippen LogP contribution in [-0.4, -0.2) is 17.0 Å². The zero-order chi connectivity index (χ0) is 17.4. The van der Waals surface area contributed by atoms with Gasteiger partial charge in [-0.1, -0.05) is 29.3 Å². The van der Waals surface area contributed by atoms with Crippen LogP contribution in [0.1, 0.15) is 40.7 Å². The van der Waals surface area contributed by atoms with Crippen molar-refractivity contribution in [1.29, 1.82) is 0 Å². The van der Waals surface area contributed by atoms with Crippen LogP contribution < -0.4 is 4.74 Å². The summed E-state index contributed by atoms with van der Waals surface area (Å²) in [6, 6.07) is 9.01. The molecule has 5 heteroatoms. The minimum absolute atomic E-state index is 0.0434. The number of aryl methyl sites for hydroxylation is 2. The summed E-state index contributed by atoms with van der Waals surface area (Å²) in [7, 11) is 0. The second kappa shape index (κ2) is 6.00. The number of esters is 2. The molecule has 24 heavy (non-hydrogen) atoms. The Morgan fingerprint density at radius 1 is 1.17 bits per heavy atom. The average molecular weight is 326 g/mol. The van der Waals surface area contributed by atoms with E-state index in [9.17, 15) is 14.7 Å². The second-order valence-corrected chi connectivity index (χ2v) is 6.04. The zero-order valence-electron chi connectivity index (χ0n) is 13.8. The maximum atomic E-state index is 12.4. The molecule has 1 aliphatic rings. The molecule has 2 aromatic rings. The van der Waals surface area contributed by atoms with E-state index in [0.29, 0.717) is 16.9 Å². The molecule has 0 spiro atoms. The zero-order valence-corrected chi connectivity index (χ0v) is 13.8. The molecule has 1 unspecified atom stereocenters. The van der Waals surface area contributed by atoms with Crippen LogP contribution in [0.2, 0.25) is 0 Å². The van der Waals surface area contributed by atoms with Crippen molar-refractivity contribution in [1.82, 2.24) is 0 Å². The van der Waals surface area contributed by atoms with Crippen molar-refractivity contribution in [3.8, 4) is 11.5 Å². The normalized spacial score (nSPS) is 15.8. The van der Waals surface area contributed by atoms with Crippen LogP contribution in [0.15, 0.2) is 30.3 Å². The topological polar surface area (TPSA) is 72.8 Å². The van der Waals surface area contributed by atoms with Gasteiger partial charge in [-0.2, -0.15) is 0 Å². The van der Waals surface area contributed by atoms with Crippen LogP contribution in [0, 0.1) is 13.8 Å². The van der Waals surface area contributed by atoms with Gasteiger partial charge in [0, 0.05) is 23.6 Å². The minimum Gasteiger partial charge on any atom is -0.507 e. The molecule has 0 fully saturated rings. The average Bonchev–Trinajstić information content (AvgIpc) is 2.83. The predicted octanol–water partition coefficient (Wildman–Crippen LogP) is 3.12. The van der Waals surface area contributed by atoms with Gasteiger partial charge in [-0.25, -0.2) is 0 Å². The van der Waals surface area contributed by atoms with Gasteiger partial charge in [-0.3, -0.25) is 9.59 Å². The summed E-state index contributed by atoms with van der Waals surface area (Å²) in [4.78, 5) is 23.4. The van der Waals surface area contributed by atoms with Gasteiger partial charge in [0.25, 0.3) is 0 Å². The number of phenolic OH excluding ortho intramolecular Hbond substituents is 1. The molecular weight excluding hydrogens is 308 g/mol. The molecule has 0 bridgehead atoms. The van der Waals surface area contributed by atoms with Crippen LogP contribution in [0.3, 0.4) is 0 Å². The summed E-state index contributed by atoms with van der Waals surface area (Å²) in [5, 5.41) is 10.6. The van der Waals surface area contributed by atoms with E-state index in [-0.39, 0.29) is 12.4 Å². The van der Waals surface area contributed by atoms with Crippen LogP contribution >= 0.6 is 0 Å². The highest BCUT2D eigenvalue weighted by Crippen LogP contribution is 2.43.